The van der Waals surface area contributed by atoms with Crippen LogP contribution in [0.15, 0.2) is 39.8 Å². The molecule has 7 heteroatoms. The smallest absolute Gasteiger partial charge is 0.262 e. The third kappa shape index (κ3) is 2.48. The van der Waals surface area contributed by atoms with E-state index in [0.29, 0.717) is 10.8 Å². The first-order valence-corrected chi connectivity index (χ1v) is 6.94. The number of rotatable bonds is 3. The van der Waals surface area contributed by atoms with E-state index >= 15 is 0 Å². The van der Waals surface area contributed by atoms with Gasteiger partial charge >= 0.3 is 0 Å². The number of aromatic nitrogens is 2. The Hall–Kier alpha value is -2.60. The van der Waals surface area contributed by atoms with Crippen LogP contribution in [0.4, 0.5) is 0 Å². The van der Waals surface area contributed by atoms with Crippen molar-refractivity contribution >= 4 is 28.6 Å². The molecular formula is C15H12ClN3O3. The summed E-state index contributed by atoms with van der Waals surface area (Å²) < 4.78 is 5.36. The highest BCUT2D eigenvalue weighted by molar-refractivity contribution is 6.31. The topological polar surface area (TPSA) is 88.0 Å². The van der Waals surface area contributed by atoms with Crippen LogP contribution in [0.1, 0.15) is 21.7 Å². The zero-order valence-corrected chi connectivity index (χ0v) is 12.4. The second-order valence-corrected chi connectivity index (χ2v) is 5.13. The molecule has 0 spiro atoms. The highest BCUT2D eigenvalue weighted by Crippen LogP contribution is 2.21. The number of nitrogens with one attached hydrogen (secondary N) is 2. The summed E-state index contributed by atoms with van der Waals surface area (Å²) in [7, 11) is 0. The molecule has 0 bridgehead atoms. The Labute approximate surface area is 130 Å². The lowest BCUT2D eigenvalue weighted by molar-refractivity contribution is 0.0951. The van der Waals surface area contributed by atoms with Gasteiger partial charge in [-0.05, 0) is 18.6 Å². The summed E-state index contributed by atoms with van der Waals surface area (Å²) >= 11 is 6.05. The summed E-state index contributed by atoms with van der Waals surface area (Å²) in [5.41, 5.74) is 0.709. The lowest BCUT2D eigenvalue weighted by Gasteiger charge is -2.06. The first-order valence-electron chi connectivity index (χ1n) is 6.56. The van der Waals surface area contributed by atoms with Crippen molar-refractivity contribution < 1.29 is 9.21 Å². The van der Waals surface area contributed by atoms with E-state index in [1.54, 1.807) is 13.0 Å². The third-order valence-electron chi connectivity index (χ3n) is 3.29. The molecule has 0 aliphatic carbocycles. The molecule has 0 unspecified atom stereocenters. The summed E-state index contributed by atoms with van der Waals surface area (Å²) in [6, 6.07) is 7.21. The summed E-state index contributed by atoms with van der Waals surface area (Å²) in [5.74, 6) is -0.0643. The highest BCUT2D eigenvalue weighted by Gasteiger charge is 2.21. The fraction of sp³-hybridized carbons (Fsp3) is 0.133. The van der Waals surface area contributed by atoms with Crippen LogP contribution in [-0.2, 0) is 6.54 Å². The number of H-pyrrole nitrogens is 1. The normalized spacial score (nSPS) is 10.8. The highest BCUT2D eigenvalue weighted by atomic mass is 35.5. The van der Waals surface area contributed by atoms with Crippen molar-refractivity contribution in [1.29, 1.82) is 0 Å². The van der Waals surface area contributed by atoms with Gasteiger partial charge in [0.15, 0.2) is 0 Å². The molecule has 2 heterocycles. The Morgan fingerprint density at radius 2 is 2.18 bits per heavy atom. The number of fused-ring (bicyclic) bond motifs is 1. The maximum Gasteiger partial charge on any atom is 0.262 e. The Balaban J connectivity index is 1.92. The SMILES string of the molecule is Cc1oc2nc[nH]c(=O)c2c1C(=O)NCc1ccccc1Cl. The molecule has 0 saturated heterocycles. The predicted octanol–water partition coefficient (Wildman–Crippen LogP) is 2.41. The molecule has 6 nitrogen and oxygen atoms in total. The van der Waals surface area contributed by atoms with Crippen molar-refractivity contribution in [2.24, 2.45) is 0 Å². The summed E-state index contributed by atoms with van der Waals surface area (Å²) in [6.45, 7) is 1.87. The number of benzene rings is 1. The van der Waals surface area contributed by atoms with Crippen LogP contribution in [0, 0.1) is 6.92 Å². The number of nitrogens with zero attached hydrogens (tertiary/aromatic N) is 1. The molecule has 0 radical (unpaired) electrons. The van der Waals surface area contributed by atoms with Gasteiger partial charge in [-0.2, -0.15) is 0 Å². The van der Waals surface area contributed by atoms with Gasteiger partial charge in [-0.15, -0.1) is 0 Å². The van der Waals surface area contributed by atoms with E-state index < -0.39 is 11.5 Å². The van der Waals surface area contributed by atoms with Gasteiger partial charge in [-0.3, -0.25) is 9.59 Å². The molecule has 2 N–H and O–H groups in total. The van der Waals surface area contributed by atoms with Crippen LogP contribution >= 0.6 is 11.6 Å². The van der Waals surface area contributed by atoms with Gasteiger partial charge in [0.2, 0.25) is 5.71 Å². The number of amides is 1. The van der Waals surface area contributed by atoms with E-state index in [-0.39, 0.29) is 23.2 Å². The van der Waals surface area contributed by atoms with Gasteiger partial charge < -0.3 is 14.7 Å². The fourth-order valence-electron chi connectivity index (χ4n) is 2.23. The van der Waals surface area contributed by atoms with Gasteiger partial charge in [-0.1, -0.05) is 29.8 Å². The minimum atomic E-state index is -0.412. The molecule has 0 atom stereocenters. The number of hydrogen-bond acceptors (Lipinski definition) is 4. The fourth-order valence-corrected chi connectivity index (χ4v) is 2.43. The van der Waals surface area contributed by atoms with Gasteiger partial charge in [0.25, 0.3) is 11.5 Å². The Bertz CT molecular complexity index is 914. The summed E-state index contributed by atoms with van der Waals surface area (Å²) in [6.07, 6.45) is 1.24. The molecule has 1 amide bonds. The second kappa shape index (κ2) is 5.65. The zero-order chi connectivity index (χ0) is 15.7. The standard InChI is InChI=1S/C15H12ClN3O3/c1-8-11(12-14(21)18-7-19-15(12)22-8)13(20)17-6-9-4-2-3-5-10(9)16/h2-5,7H,6H2,1H3,(H,17,20)(H,18,19,21). The number of aryl methyl sites for hydroxylation is 1. The predicted molar refractivity (Wildman–Crippen MR) is 82.0 cm³/mol. The Morgan fingerprint density at radius 3 is 2.95 bits per heavy atom. The molecule has 0 saturated carbocycles. The van der Waals surface area contributed by atoms with Crippen molar-refractivity contribution in [3.8, 4) is 0 Å². The van der Waals surface area contributed by atoms with Crippen LogP contribution in [-0.4, -0.2) is 15.9 Å². The van der Waals surface area contributed by atoms with E-state index in [9.17, 15) is 9.59 Å². The second-order valence-electron chi connectivity index (χ2n) is 4.72. The minimum Gasteiger partial charge on any atom is -0.442 e. The lowest BCUT2D eigenvalue weighted by atomic mass is 10.1. The maximum absolute atomic E-state index is 12.4. The summed E-state index contributed by atoms with van der Waals surface area (Å²) in [4.78, 5) is 30.6. The van der Waals surface area contributed by atoms with E-state index in [2.05, 4.69) is 15.3 Å². The van der Waals surface area contributed by atoms with Crippen molar-refractivity contribution in [2.45, 2.75) is 13.5 Å². The zero-order valence-electron chi connectivity index (χ0n) is 11.6. The van der Waals surface area contributed by atoms with Gasteiger partial charge in [0.1, 0.15) is 11.1 Å². The molecule has 1 aromatic carbocycles. The van der Waals surface area contributed by atoms with Crippen LogP contribution in [0.2, 0.25) is 5.02 Å². The molecule has 3 rings (SSSR count). The number of carbonyl (C=O) groups is 1. The molecule has 112 valence electrons. The quantitative estimate of drug-likeness (QED) is 0.776. The Kier molecular flexibility index (Phi) is 3.68. The summed E-state index contributed by atoms with van der Waals surface area (Å²) in [5, 5.41) is 3.45. The average Bonchev–Trinajstić information content (AvgIpc) is 2.83. The molecule has 0 fully saturated rings. The number of hydrogen-bond donors (Lipinski definition) is 2. The van der Waals surface area contributed by atoms with Gasteiger partial charge in [0.05, 0.1) is 11.9 Å². The third-order valence-corrected chi connectivity index (χ3v) is 3.66. The maximum atomic E-state index is 12.4. The van der Waals surface area contributed by atoms with Crippen molar-refractivity contribution in [2.75, 3.05) is 0 Å². The molecular weight excluding hydrogens is 306 g/mol. The minimum absolute atomic E-state index is 0.143. The van der Waals surface area contributed by atoms with Gasteiger partial charge in [-0.25, -0.2) is 4.98 Å². The number of carbonyl (C=O) groups excluding carboxylic acids is 1. The molecule has 22 heavy (non-hydrogen) atoms. The van der Waals surface area contributed by atoms with E-state index in [1.165, 1.54) is 6.33 Å². The first-order chi connectivity index (χ1) is 10.6. The molecule has 2 aromatic heterocycles. The van der Waals surface area contributed by atoms with Crippen LogP contribution in [0.3, 0.4) is 0 Å². The van der Waals surface area contributed by atoms with E-state index in [0.717, 1.165) is 5.56 Å². The lowest BCUT2D eigenvalue weighted by Crippen LogP contribution is -2.24. The number of furan rings is 1. The van der Waals surface area contributed by atoms with Crippen LogP contribution in [0.5, 0.6) is 0 Å². The van der Waals surface area contributed by atoms with Crippen molar-refractivity contribution in [1.82, 2.24) is 15.3 Å². The Morgan fingerprint density at radius 1 is 1.41 bits per heavy atom. The molecule has 3 aromatic rings. The van der Waals surface area contributed by atoms with Crippen molar-refractivity contribution in [3.63, 3.8) is 0 Å². The number of halogens is 1. The van der Waals surface area contributed by atoms with Gasteiger partial charge in [0, 0.05) is 11.6 Å². The first kappa shape index (κ1) is 14.3. The van der Waals surface area contributed by atoms with Crippen molar-refractivity contribution in [3.05, 3.63) is 62.9 Å². The van der Waals surface area contributed by atoms with Crippen LogP contribution in [0.25, 0.3) is 11.1 Å². The monoisotopic (exact) mass is 317 g/mol. The van der Waals surface area contributed by atoms with E-state index in [4.69, 9.17) is 16.0 Å². The van der Waals surface area contributed by atoms with Crippen LogP contribution < -0.4 is 10.9 Å². The average molecular weight is 318 g/mol. The number of aromatic amines is 1. The largest absolute Gasteiger partial charge is 0.442 e. The molecule has 0 aliphatic heterocycles. The molecule has 0 aliphatic rings. The van der Waals surface area contributed by atoms with E-state index in [1.807, 2.05) is 18.2 Å².